The lowest BCUT2D eigenvalue weighted by atomic mass is 9.98. The first kappa shape index (κ1) is 31.3. The molecule has 0 aromatic heterocycles. The van der Waals surface area contributed by atoms with Crippen molar-refractivity contribution >= 4 is 28.4 Å². The molecular formula is C32H36FN3O7S. The van der Waals surface area contributed by atoms with Crippen molar-refractivity contribution in [1.82, 2.24) is 9.80 Å². The second-order valence-corrected chi connectivity index (χ2v) is 12.9. The van der Waals surface area contributed by atoms with Crippen molar-refractivity contribution in [2.75, 3.05) is 38.1 Å². The molecule has 1 heterocycles. The summed E-state index contributed by atoms with van der Waals surface area (Å²) in [6, 6.07) is 18.9. The van der Waals surface area contributed by atoms with E-state index < -0.39 is 22.2 Å². The topological polar surface area (TPSA) is 114 Å². The van der Waals surface area contributed by atoms with Crippen LogP contribution in [-0.2, 0) is 26.5 Å². The number of hydrogen-bond acceptors (Lipinski definition) is 8. The summed E-state index contributed by atoms with van der Waals surface area (Å²) in [6.45, 7) is 9.41. The second-order valence-electron chi connectivity index (χ2n) is 11.9. The van der Waals surface area contributed by atoms with Gasteiger partial charge in [-0.15, -0.1) is 0 Å². The molecule has 0 saturated carbocycles. The average Bonchev–Trinajstić information content (AvgIpc) is 3.26. The van der Waals surface area contributed by atoms with Crippen molar-refractivity contribution in [3.8, 4) is 16.9 Å². The Labute approximate surface area is 257 Å². The van der Waals surface area contributed by atoms with E-state index in [9.17, 15) is 21.9 Å². The molecule has 0 atom stereocenters. The number of nitrogens with one attached hydrogen (secondary N) is 1. The summed E-state index contributed by atoms with van der Waals surface area (Å²) in [7, 11) is -5.32. The van der Waals surface area contributed by atoms with E-state index >= 15 is 0 Å². The fourth-order valence-electron chi connectivity index (χ4n) is 5.58. The normalized spacial score (nSPS) is 15.3. The van der Waals surface area contributed by atoms with Gasteiger partial charge in [-0.25, -0.2) is 9.59 Å². The quantitative estimate of drug-likeness (QED) is 0.318. The predicted molar refractivity (Wildman–Crippen MR) is 164 cm³/mol. The van der Waals surface area contributed by atoms with Crippen molar-refractivity contribution in [2.45, 2.75) is 45.8 Å². The third-order valence-corrected chi connectivity index (χ3v) is 8.04. The van der Waals surface area contributed by atoms with E-state index in [1.54, 1.807) is 17.9 Å². The largest absolute Gasteiger partial charge is 0.488 e. The molecular weight excluding hydrogens is 589 g/mol. The van der Waals surface area contributed by atoms with Gasteiger partial charge in [-0.3, -0.25) is 10.2 Å². The van der Waals surface area contributed by atoms with E-state index in [1.165, 1.54) is 6.07 Å². The fourth-order valence-corrected chi connectivity index (χ4v) is 5.97. The number of rotatable bonds is 7. The highest BCUT2D eigenvalue weighted by Gasteiger charge is 2.30. The van der Waals surface area contributed by atoms with E-state index in [-0.39, 0.29) is 30.1 Å². The zero-order valence-corrected chi connectivity index (χ0v) is 25.9. The van der Waals surface area contributed by atoms with E-state index in [1.807, 2.05) is 69.3 Å². The van der Waals surface area contributed by atoms with Gasteiger partial charge in [0, 0.05) is 50.4 Å². The number of nitrogens with zero attached hydrogens (tertiary/aromatic N) is 2. The van der Waals surface area contributed by atoms with Crippen LogP contribution in [0.5, 0.6) is 5.75 Å². The molecule has 234 valence electrons. The molecule has 3 aromatic rings. The molecule has 2 amide bonds. The number of amides is 2. The van der Waals surface area contributed by atoms with Crippen LogP contribution in [0.1, 0.15) is 48.9 Å². The summed E-state index contributed by atoms with van der Waals surface area (Å²) >= 11 is 0. The summed E-state index contributed by atoms with van der Waals surface area (Å²) in [5, 5.41) is 2.64. The Morgan fingerprint density at radius 2 is 1.55 bits per heavy atom. The second kappa shape index (κ2) is 12.4. The molecule has 10 nitrogen and oxygen atoms in total. The minimum absolute atomic E-state index is 0.0860. The summed E-state index contributed by atoms with van der Waals surface area (Å²) in [6.07, 6.45) is -1.13. The molecule has 1 saturated heterocycles. The first-order valence-corrected chi connectivity index (χ1v) is 15.7. The van der Waals surface area contributed by atoms with Gasteiger partial charge in [0.2, 0.25) is 0 Å². The molecule has 1 fully saturated rings. The molecule has 44 heavy (non-hydrogen) atoms. The molecule has 0 radical (unpaired) electrons. The van der Waals surface area contributed by atoms with Crippen molar-refractivity contribution in [3.05, 3.63) is 82.9 Å². The summed E-state index contributed by atoms with van der Waals surface area (Å²) in [5.74, 6) is -0.386. The zero-order chi connectivity index (χ0) is 31.6. The Morgan fingerprint density at radius 1 is 0.955 bits per heavy atom. The van der Waals surface area contributed by atoms with Crippen molar-refractivity contribution < 1.29 is 35.5 Å². The molecule has 3 aromatic carbocycles. The van der Waals surface area contributed by atoms with Gasteiger partial charge in [0.25, 0.3) is 0 Å². The standard InChI is InChI=1S/C32H36FN3O7S/c1-21-22(19-35-13-15-36(16-14-35)31(38)42-32(2,3)4)17-23(18-29(21)43-44(33,39)40)34-30(37)41-20-28-26-11-7-5-9-24(26)25-10-6-8-12-27(25)28/h5-12,17-18,28H,13-16,19-20H2,1-4H3,(H,34,37). The Hall–Kier alpha value is -4.16. The summed E-state index contributed by atoms with van der Waals surface area (Å²) < 4.78 is 52.1. The molecule has 1 aliphatic heterocycles. The van der Waals surface area contributed by atoms with Crippen LogP contribution < -0.4 is 9.50 Å². The van der Waals surface area contributed by atoms with Crippen molar-refractivity contribution in [3.63, 3.8) is 0 Å². The van der Waals surface area contributed by atoms with Gasteiger partial charge in [-0.2, -0.15) is 8.42 Å². The van der Waals surface area contributed by atoms with Gasteiger partial charge < -0.3 is 18.6 Å². The van der Waals surface area contributed by atoms with Crippen LogP contribution in [0.3, 0.4) is 0 Å². The maximum absolute atomic E-state index is 13.6. The maximum atomic E-state index is 13.6. The molecule has 1 N–H and O–H groups in total. The van der Waals surface area contributed by atoms with Crippen LogP contribution in [0.25, 0.3) is 11.1 Å². The van der Waals surface area contributed by atoms with Crippen LogP contribution >= 0.6 is 0 Å². The van der Waals surface area contributed by atoms with Crippen LogP contribution in [-0.4, -0.2) is 68.8 Å². The molecule has 0 spiro atoms. The average molecular weight is 626 g/mol. The minimum atomic E-state index is -5.32. The predicted octanol–water partition coefficient (Wildman–Crippen LogP) is 6.00. The molecule has 5 rings (SSSR count). The fraction of sp³-hybridized carbons (Fsp3) is 0.375. The number of anilines is 1. The number of halogens is 1. The van der Waals surface area contributed by atoms with Crippen LogP contribution in [0.2, 0.25) is 0 Å². The van der Waals surface area contributed by atoms with E-state index in [2.05, 4.69) is 14.4 Å². The molecule has 2 aliphatic rings. The Bertz CT molecular complexity index is 1620. The van der Waals surface area contributed by atoms with Crippen LogP contribution in [0, 0.1) is 6.92 Å². The lowest BCUT2D eigenvalue weighted by Gasteiger charge is -2.35. The van der Waals surface area contributed by atoms with Gasteiger partial charge in [-0.05, 0) is 67.1 Å². The smallest absolute Gasteiger partial charge is 0.448 e. The molecule has 0 bridgehead atoms. The number of carbonyl (C=O) groups is 2. The Kier molecular flexibility index (Phi) is 8.85. The van der Waals surface area contributed by atoms with Gasteiger partial charge in [0.05, 0.1) is 0 Å². The summed E-state index contributed by atoms with van der Waals surface area (Å²) in [4.78, 5) is 29.1. The molecule has 1 aliphatic carbocycles. The zero-order valence-electron chi connectivity index (χ0n) is 25.1. The monoisotopic (exact) mass is 625 g/mol. The van der Waals surface area contributed by atoms with E-state index in [4.69, 9.17) is 9.47 Å². The van der Waals surface area contributed by atoms with E-state index in [0.717, 1.165) is 22.3 Å². The lowest BCUT2D eigenvalue weighted by molar-refractivity contribution is 0.0139. The van der Waals surface area contributed by atoms with E-state index in [0.29, 0.717) is 43.9 Å². The highest BCUT2D eigenvalue weighted by atomic mass is 32.3. The molecule has 0 unspecified atom stereocenters. The molecule has 12 heteroatoms. The van der Waals surface area contributed by atoms with Gasteiger partial charge in [0.15, 0.2) is 5.75 Å². The first-order chi connectivity index (χ1) is 20.8. The van der Waals surface area contributed by atoms with Gasteiger partial charge in [0.1, 0.15) is 12.2 Å². The lowest BCUT2D eigenvalue weighted by Crippen LogP contribution is -2.49. The Morgan fingerprint density at radius 3 is 2.11 bits per heavy atom. The van der Waals surface area contributed by atoms with Crippen LogP contribution in [0.15, 0.2) is 60.7 Å². The number of carbonyl (C=O) groups excluding carboxylic acids is 2. The minimum Gasteiger partial charge on any atom is -0.448 e. The highest BCUT2D eigenvalue weighted by molar-refractivity contribution is 7.81. The number of piperazine rings is 1. The van der Waals surface area contributed by atoms with Gasteiger partial charge in [-0.1, -0.05) is 52.4 Å². The highest BCUT2D eigenvalue weighted by Crippen LogP contribution is 2.44. The number of fused-ring (bicyclic) bond motifs is 3. The third-order valence-electron chi connectivity index (χ3n) is 7.66. The SMILES string of the molecule is Cc1c(CN2CCN(C(=O)OC(C)(C)C)CC2)cc(NC(=O)OCC2c3ccccc3-c3ccccc32)cc1OS(=O)(=O)F. The number of ether oxygens (including phenoxy) is 2. The van der Waals surface area contributed by atoms with Crippen LogP contribution in [0.4, 0.5) is 19.2 Å². The summed E-state index contributed by atoms with van der Waals surface area (Å²) in [5.41, 5.74) is 4.94. The number of hydrogen-bond donors (Lipinski definition) is 1. The number of benzene rings is 3. The third kappa shape index (κ3) is 7.48. The van der Waals surface area contributed by atoms with Crippen molar-refractivity contribution in [1.29, 1.82) is 0 Å². The first-order valence-electron chi connectivity index (χ1n) is 14.4. The Balaban J connectivity index is 1.28. The van der Waals surface area contributed by atoms with Gasteiger partial charge >= 0.3 is 22.7 Å². The van der Waals surface area contributed by atoms with Crippen molar-refractivity contribution in [2.24, 2.45) is 0 Å². The maximum Gasteiger partial charge on any atom is 0.488 e.